The highest BCUT2D eigenvalue weighted by Gasteiger charge is 2.51. The van der Waals surface area contributed by atoms with Crippen molar-refractivity contribution in [1.29, 1.82) is 0 Å². The van der Waals surface area contributed by atoms with Crippen LogP contribution in [0.15, 0.2) is 35.3 Å². The molecule has 5 aromatic rings. The van der Waals surface area contributed by atoms with Gasteiger partial charge in [0.15, 0.2) is 18.2 Å². The molecular weight excluding hydrogens is 875 g/mol. The number of pyridine rings is 1. The third kappa shape index (κ3) is 7.89. The zero-order valence-corrected chi connectivity index (χ0v) is 36.8. The first kappa shape index (κ1) is 43.6. The fourth-order valence-corrected chi connectivity index (χ4v) is 10.7. The number of aliphatic hydroxyl groups excluding tert-OH is 1. The van der Waals surface area contributed by atoms with Crippen molar-refractivity contribution in [3.63, 3.8) is 0 Å². The van der Waals surface area contributed by atoms with Gasteiger partial charge in [0, 0.05) is 67.5 Å². The third-order valence-corrected chi connectivity index (χ3v) is 14.5. The fourth-order valence-electron chi connectivity index (χ4n) is 10.6. The number of aryl methyl sites for hydroxylation is 2. The largest absolute Gasteiger partial charge is 0.480 e. The SMILES string of the molecule is C[C@H]1CN(c2ncc(Cl)c(Nc3ccc4c(c3)c3c(c(=O)n4C)OCC(F)(F)[C@H](C4CC4)N3)n2)C[C@H](F)[C@H]1CN1CCC(c2c(F)cc3c(C4CCC(=O)NC4O)nn(C)c3c2F)CC1. The number of piperidine rings is 3. The number of halogens is 6. The molecule has 2 aromatic carbocycles. The first-order valence-corrected chi connectivity index (χ1v) is 22.6. The van der Waals surface area contributed by atoms with Gasteiger partial charge in [-0.05, 0) is 87.2 Å². The standard InChI is InChI=1S/C45H50ClF5N10O4/c1-21-17-61(44-52-16-29(46)41(56-44)53-24-6-8-32-26(14-24)37-39(43(64)58(32)2)65-20-45(50,51)40(55-37)23-4-5-23)19-31(48)28(21)18-60-12-10-22(11-13-60)34-30(47)15-27-36(57-59(3)38(27)35(34)49)25-7-9-33(62)54-42(25)63/h6,8,14-16,21-23,25,28,31,40,42,55,63H,4-5,7,9-13,17-20H2,1-3H3,(H,54,62)(H,52,53,56)/t21-,25?,28-,31-,40-,42?/m0/s1. The number of likely N-dealkylation sites (tertiary alicyclic amines) is 1. The molecule has 1 saturated carbocycles. The molecule has 10 rings (SSSR count). The van der Waals surface area contributed by atoms with E-state index in [9.17, 15) is 14.7 Å². The van der Waals surface area contributed by atoms with Gasteiger partial charge in [-0.25, -0.2) is 26.9 Å². The van der Waals surface area contributed by atoms with Crippen molar-refractivity contribution in [2.24, 2.45) is 31.8 Å². The van der Waals surface area contributed by atoms with Crippen LogP contribution in [0.4, 0.5) is 45.1 Å². The number of nitrogens with one attached hydrogen (secondary N) is 3. The minimum Gasteiger partial charge on any atom is -0.480 e. The van der Waals surface area contributed by atoms with E-state index in [0.717, 1.165) is 0 Å². The number of benzene rings is 2. The van der Waals surface area contributed by atoms with Gasteiger partial charge in [-0.2, -0.15) is 10.1 Å². The van der Waals surface area contributed by atoms with Gasteiger partial charge in [-0.1, -0.05) is 18.5 Å². The van der Waals surface area contributed by atoms with Gasteiger partial charge in [0.05, 0.1) is 35.7 Å². The van der Waals surface area contributed by atoms with Crippen molar-refractivity contribution >= 4 is 62.5 Å². The van der Waals surface area contributed by atoms with Crippen LogP contribution in [0.1, 0.15) is 68.5 Å². The molecule has 5 aliphatic rings. The van der Waals surface area contributed by atoms with Crippen molar-refractivity contribution < 1.29 is 36.6 Å². The lowest BCUT2D eigenvalue weighted by atomic mass is 9.83. The Bertz CT molecular complexity index is 2750. The van der Waals surface area contributed by atoms with Crippen LogP contribution in [0.5, 0.6) is 5.75 Å². The van der Waals surface area contributed by atoms with Crippen LogP contribution >= 0.6 is 11.6 Å². The summed E-state index contributed by atoms with van der Waals surface area (Å²) < 4.78 is 87.0. The predicted octanol–water partition coefficient (Wildman–Crippen LogP) is 6.71. The summed E-state index contributed by atoms with van der Waals surface area (Å²) in [6.45, 7) is 3.12. The highest BCUT2D eigenvalue weighted by Crippen LogP contribution is 2.46. The molecule has 65 heavy (non-hydrogen) atoms. The van der Waals surface area contributed by atoms with E-state index in [2.05, 4.69) is 30.9 Å². The number of ether oxygens (including phenoxy) is 1. The molecule has 3 aromatic heterocycles. The summed E-state index contributed by atoms with van der Waals surface area (Å²) in [5.74, 6) is -6.11. The summed E-state index contributed by atoms with van der Waals surface area (Å²) in [6, 6.07) is 5.26. The maximum Gasteiger partial charge on any atom is 0.301 e. The second-order valence-corrected chi connectivity index (χ2v) is 19.0. The molecule has 6 atom stereocenters. The Labute approximate surface area is 375 Å². The molecule has 2 unspecified atom stereocenters. The Kier molecular flexibility index (Phi) is 11.1. The van der Waals surface area contributed by atoms with Crippen LogP contribution in [-0.2, 0) is 18.9 Å². The van der Waals surface area contributed by atoms with E-state index in [1.54, 1.807) is 37.2 Å². The lowest BCUT2D eigenvalue weighted by Gasteiger charge is -2.42. The van der Waals surface area contributed by atoms with Crippen LogP contribution in [0.3, 0.4) is 0 Å². The lowest BCUT2D eigenvalue weighted by Crippen LogP contribution is -2.51. The van der Waals surface area contributed by atoms with Gasteiger partial charge in [0.2, 0.25) is 17.6 Å². The van der Waals surface area contributed by atoms with Crippen molar-refractivity contribution in [3.05, 3.63) is 68.7 Å². The quantitative estimate of drug-likeness (QED) is 0.123. The third-order valence-electron chi connectivity index (χ3n) is 14.3. The zero-order chi connectivity index (χ0) is 45.6. The van der Waals surface area contributed by atoms with Crippen LogP contribution in [-0.4, -0.2) is 104 Å². The maximum absolute atomic E-state index is 16.3. The first-order chi connectivity index (χ1) is 31.1. The number of fused-ring (bicyclic) bond motifs is 4. The number of alkyl halides is 3. The molecule has 3 saturated heterocycles. The second kappa shape index (κ2) is 16.6. The maximum atomic E-state index is 16.3. The summed E-state index contributed by atoms with van der Waals surface area (Å²) in [6.07, 6.45) is 1.76. The van der Waals surface area contributed by atoms with Crippen molar-refractivity contribution in [1.82, 2.24) is 34.5 Å². The van der Waals surface area contributed by atoms with E-state index in [0.29, 0.717) is 80.6 Å². The van der Waals surface area contributed by atoms with Gasteiger partial charge < -0.3 is 40.2 Å². The van der Waals surface area contributed by atoms with Gasteiger partial charge >= 0.3 is 5.92 Å². The summed E-state index contributed by atoms with van der Waals surface area (Å²) in [5.41, 5.74) is 1.21. The summed E-state index contributed by atoms with van der Waals surface area (Å²) >= 11 is 6.59. The van der Waals surface area contributed by atoms with Crippen LogP contribution in [0.2, 0.25) is 5.02 Å². The molecule has 14 nitrogen and oxygen atoms in total. The molecular formula is C45H50ClF5N10O4. The molecule has 1 aliphatic carbocycles. The minimum absolute atomic E-state index is 0.00825. The number of amides is 1. The highest BCUT2D eigenvalue weighted by molar-refractivity contribution is 6.33. The normalized spacial score (nSPS) is 26.4. The van der Waals surface area contributed by atoms with Gasteiger partial charge in [-0.3, -0.25) is 14.3 Å². The number of aromatic nitrogens is 5. The van der Waals surface area contributed by atoms with Crippen LogP contribution < -0.4 is 31.1 Å². The molecule has 0 spiro atoms. The smallest absolute Gasteiger partial charge is 0.301 e. The zero-order valence-electron chi connectivity index (χ0n) is 36.1. The number of hydrogen-bond donors (Lipinski definition) is 4. The average molecular weight is 925 g/mol. The second-order valence-electron chi connectivity index (χ2n) is 18.6. The fraction of sp³-hybridized carbons (Fsp3) is 0.533. The number of carbonyl (C=O) groups is 1. The average Bonchev–Trinajstić information content (AvgIpc) is 4.07. The number of nitrogens with zero attached hydrogens (tertiary/aromatic N) is 7. The van der Waals surface area contributed by atoms with E-state index >= 15 is 22.0 Å². The number of hydrogen-bond acceptors (Lipinski definition) is 11. The number of rotatable bonds is 8. The van der Waals surface area contributed by atoms with Crippen molar-refractivity contribution in [2.45, 2.75) is 81.6 Å². The Hall–Kier alpha value is -5.27. The molecule has 0 radical (unpaired) electrons. The topological polar surface area (TPSA) is 155 Å². The Morgan fingerprint density at radius 1 is 1.03 bits per heavy atom. The number of carbonyl (C=O) groups excluding carboxylic acids is 1. The first-order valence-electron chi connectivity index (χ1n) is 22.2. The van der Waals surface area contributed by atoms with E-state index in [1.807, 2.05) is 6.92 Å². The number of aliphatic hydroxyl groups is 1. The van der Waals surface area contributed by atoms with Gasteiger partial charge in [-0.15, -0.1) is 0 Å². The van der Waals surface area contributed by atoms with Crippen molar-refractivity contribution in [2.75, 3.05) is 54.9 Å². The van der Waals surface area contributed by atoms with Crippen LogP contribution in [0, 0.1) is 29.4 Å². The molecule has 0 bridgehead atoms. The minimum atomic E-state index is -3.18. The molecule has 4 aliphatic heterocycles. The summed E-state index contributed by atoms with van der Waals surface area (Å²) in [5, 5.41) is 24.6. The molecule has 20 heteroatoms. The molecule has 1 amide bonds. The summed E-state index contributed by atoms with van der Waals surface area (Å²) in [4.78, 5) is 38.1. The highest BCUT2D eigenvalue weighted by atomic mass is 35.5. The van der Waals surface area contributed by atoms with Gasteiger partial charge in [0.25, 0.3) is 5.56 Å². The number of anilines is 4. The summed E-state index contributed by atoms with van der Waals surface area (Å²) in [7, 11) is 3.14. The Morgan fingerprint density at radius 2 is 1.80 bits per heavy atom. The Morgan fingerprint density at radius 3 is 2.52 bits per heavy atom. The molecule has 7 heterocycles. The molecule has 4 N–H and O–H groups in total. The lowest BCUT2D eigenvalue weighted by molar-refractivity contribution is -0.127. The van der Waals surface area contributed by atoms with E-state index in [-0.39, 0.29) is 81.3 Å². The van der Waals surface area contributed by atoms with Crippen molar-refractivity contribution in [3.8, 4) is 5.75 Å². The molecule has 4 fully saturated rings. The van der Waals surface area contributed by atoms with Crippen LogP contribution in [0.25, 0.3) is 21.8 Å². The van der Waals surface area contributed by atoms with E-state index < -0.39 is 60.0 Å². The van der Waals surface area contributed by atoms with E-state index in [4.69, 9.17) is 21.3 Å². The van der Waals surface area contributed by atoms with Gasteiger partial charge in [0.1, 0.15) is 28.8 Å². The van der Waals surface area contributed by atoms with E-state index in [1.165, 1.54) is 21.5 Å². The predicted molar refractivity (Wildman–Crippen MR) is 235 cm³/mol. The Balaban J connectivity index is 0.804. The molecule has 346 valence electrons. The monoisotopic (exact) mass is 924 g/mol.